The van der Waals surface area contributed by atoms with Crippen molar-refractivity contribution < 1.29 is 0 Å². The second-order valence-corrected chi connectivity index (χ2v) is 17.6. The minimum atomic E-state index is -0.532. The summed E-state index contributed by atoms with van der Waals surface area (Å²) in [5.74, 6) is 0. The number of aromatic nitrogens is 1. The Bertz CT molecular complexity index is 3690. The van der Waals surface area contributed by atoms with Gasteiger partial charge in [0.05, 0.1) is 16.4 Å². The molecule has 1 heterocycles. The highest BCUT2D eigenvalue weighted by Crippen LogP contribution is 2.57. The molecule has 0 amide bonds. The van der Waals surface area contributed by atoms with Crippen molar-refractivity contribution in [2.45, 2.75) is 5.41 Å². The predicted molar refractivity (Wildman–Crippen MR) is 281 cm³/mol. The molecule has 1 aromatic heterocycles. The summed E-state index contributed by atoms with van der Waals surface area (Å²) in [7, 11) is 0. The van der Waals surface area contributed by atoms with Gasteiger partial charge in [0, 0.05) is 33.5 Å². The zero-order valence-electron chi connectivity index (χ0n) is 36.8. The molecule has 0 aliphatic heterocycles. The van der Waals surface area contributed by atoms with Crippen LogP contribution >= 0.6 is 0 Å². The van der Waals surface area contributed by atoms with Crippen molar-refractivity contribution >= 4 is 49.6 Å². The van der Waals surface area contributed by atoms with Crippen molar-refractivity contribution in [3.8, 4) is 39.1 Å². The molecule has 67 heavy (non-hydrogen) atoms. The molecule has 0 radical (unpaired) electrons. The van der Waals surface area contributed by atoms with Crippen LogP contribution in [0.5, 0.6) is 0 Å². The van der Waals surface area contributed by atoms with Crippen LogP contribution in [0.2, 0.25) is 0 Å². The van der Waals surface area contributed by atoms with Gasteiger partial charge in [-0.25, -0.2) is 0 Å². The molecule has 0 saturated heterocycles. The third-order valence-corrected chi connectivity index (χ3v) is 14.1. The highest BCUT2D eigenvalue weighted by Gasteiger charge is 2.46. The van der Waals surface area contributed by atoms with Crippen molar-refractivity contribution in [2.24, 2.45) is 0 Å². The van der Waals surface area contributed by atoms with Gasteiger partial charge in [-0.3, -0.25) is 0 Å². The number of anilines is 3. The van der Waals surface area contributed by atoms with Crippen molar-refractivity contribution in [1.29, 1.82) is 0 Å². The van der Waals surface area contributed by atoms with Crippen LogP contribution in [0.15, 0.2) is 267 Å². The van der Waals surface area contributed by atoms with Crippen LogP contribution in [0, 0.1) is 0 Å². The lowest BCUT2D eigenvalue weighted by Gasteiger charge is -2.35. The van der Waals surface area contributed by atoms with Crippen LogP contribution in [0.3, 0.4) is 0 Å². The molecule has 0 saturated carbocycles. The van der Waals surface area contributed by atoms with Crippen LogP contribution in [0.1, 0.15) is 22.3 Å². The first-order chi connectivity index (χ1) is 33.3. The lowest BCUT2D eigenvalue weighted by atomic mass is 9.67. The van der Waals surface area contributed by atoms with Crippen LogP contribution in [0.4, 0.5) is 17.1 Å². The average molecular weight is 853 g/mol. The van der Waals surface area contributed by atoms with Gasteiger partial charge in [0.2, 0.25) is 0 Å². The summed E-state index contributed by atoms with van der Waals surface area (Å²) < 4.78 is 2.41. The maximum Gasteiger partial charge on any atom is 0.0714 e. The minimum Gasteiger partial charge on any atom is -0.310 e. The summed E-state index contributed by atoms with van der Waals surface area (Å²) in [5, 5.41) is 4.98. The Hall–Kier alpha value is -8.72. The van der Waals surface area contributed by atoms with E-state index in [2.05, 4.69) is 276 Å². The largest absolute Gasteiger partial charge is 0.310 e. The number of rotatable bonds is 8. The molecular formula is C65H44N2. The SMILES string of the molecule is c1ccc(-c2cccc3cccc(-c4ccc(N(c5cccc(-n6c7ccccc7c7ccccc76)c5)c5ccc6c(c5)C(c5ccccc5)(c5ccccc5)c5ccccc5-6)cc4)c23)cc1. The van der Waals surface area contributed by atoms with E-state index in [4.69, 9.17) is 0 Å². The number of nitrogens with zero attached hydrogens (tertiary/aromatic N) is 2. The maximum absolute atomic E-state index is 2.47. The Labute approximate surface area is 390 Å². The van der Waals surface area contributed by atoms with Gasteiger partial charge in [0.25, 0.3) is 0 Å². The van der Waals surface area contributed by atoms with Crippen molar-refractivity contribution in [3.63, 3.8) is 0 Å². The first-order valence-electron chi connectivity index (χ1n) is 23.2. The van der Waals surface area contributed by atoms with Crippen LogP contribution in [-0.2, 0) is 5.41 Å². The number of hydrogen-bond donors (Lipinski definition) is 0. The van der Waals surface area contributed by atoms with E-state index in [-0.39, 0.29) is 0 Å². The Morgan fingerprint density at radius 1 is 0.313 bits per heavy atom. The van der Waals surface area contributed by atoms with Gasteiger partial charge < -0.3 is 9.47 Å². The second kappa shape index (κ2) is 15.8. The molecule has 0 N–H and O–H groups in total. The van der Waals surface area contributed by atoms with Gasteiger partial charge in [0.15, 0.2) is 0 Å². The monoisotopic (exact) mass is 852 g/mol. The fourth-order valence-corrected chi connectivity index (χ4v) is 11.2. The highest BCUT2D eigenvalue weighted by atomic mass is 15.1. The second-order valence-electron chi connectivity index (χ2n) is 17.6. The van der Waals surface area contributed by atoms with E-state index < -0.39 is 5.41 Å². The van der Waals surface area contributed by atoms with E-state index in [1.807, 2.05) is 0 Å². The smallest absolute Gasteiger partial charge is 0.0714 e. The first kappa shape index (κ1) is 38.7. The normalized spacial score (nSPS) is 12.6. The molecule has 0 spiro atoms. The number of para-hydroxylation sites is 2. The Kier molecular flexibility index (Phi) is 9.11. The summed E-state index contributed by atoms with van der Waals surface area (Å²) in [6.45, 7) is 0. The molecule has 2 heteroatoms. The third-order valence-electron chi connectivity index (χ3n) is 14.1. The zero-order chi connectivity index (χ0) is 44.3. The summed E-state index contributed by atoms with van der Waals surface area (Å²) in [5.41, 5.74) is 18.6. The van der Waals surface area contributed by atoms with E-state index >= 15 is 0 Å². The molecule has 0 bridgehead atoms. The van der Waals surface area contributed by atoms with Crippen molar-refractivity contribution in [3.05, 3.63) is 289 Å². The molecule has 2 nitrogen and oxygen atoms in total. The molecular weight excluding hydrogens is 809 g/mol. The van der Waals surface area contributed by atoms with Gasteiger partial charge in [-0.2, -0.15) is 0 Å². The Morgan fingerprint density at radius 2 is 0.806 bits per heavy atom. The Morgan fingerprint density at radius 3 is 1.46 bits per heavy atom. The summed E-state index contributed by atoms with van der Waals surface area (Å²) >= 11 is 0. The van der Waals surface area contributed by atoms with Gasteiger partial charge >= 0.3 is 0 Å². The molecule has 0 unspecified atom stereocenters. The maximum atomic E-state index is 2.47. The number of hydrogen-bond acceptors (Lipinski definition) is 1. The first-order valence-corrected chi connectivity index (χ1v) is 23.2. The van der Waals surface area contributed by atoms with E-state index in [0.29, 0.717) is 0 Å². The van der Waals surface area contributed by atoms with Gasteiger partial charge in [-0.15, -0.1) is 0 Å². The summed E-state index contributed by atoms with van der Waals surface area (Å²) in [6, 6.07) is 98.1. The van der Waals surface area contributed by atoms with Gasteiger partial charge in [-0.1, -0.05) is 212 Å². The average Bonchev–Trinajstić information content (AvgIpc) is 3.90. The molecule has 0 fully saturated rings. The lowest BCUT2D eigenvalue weighted by molar-refractivity contribution is 0.768. The third kappa shape index (κ3) is 6.11. The van der Waals surface area contributed by atoms with Crippen LogP contribution in [-0.4, -0.2) is 4.57 Å². The van der Waals surface area contributed by atoms with E-state index in [1.54, 1.807) is 0 Å². The van der Waals surface area contributed by atoms with E-state index in [9.17, 15) is 0 Å². The predicted octanol–water partition coefficient (Wildman–Crippen LogP) is 17.1. The Balaban J connectivity index is 1.03. The van der Waals surface area contributed by atoms with Gasteiger partial charge in [-0.05, 0) is 121 Å². The number of benzene rings is 11. The van der Waals surface area contributed by atoms with Gasteiger partial charge in [0.1, 0.15) is 0 Å². The van der Waals surface area contributed by atoms with E-state index in [0.717, 1.165) is 22.7 Å². The quantitative estimate of drug-likeness (QED) is 0.148. The zero-order valence-corrected chi connectivity index (χ0v) is 36.8. The molecule has 12 aromatic rings. The molecule has 13 rings (SSSR count). The molecule has 11 aromatic carbocycles. The fourth-order valence-electron chi connectivity index (χ4n) is 11.2. The van der Waals surface area contributed by atoms with Crippen molar-refractivity contribution in [1.82, 2.24) is 4.57 Å². The lowest BCUT2D eigenvalue weighted by Crippen LogP contribution is -2.28. The standard InChI is InChI=1S/C65H44N2/c1-4-19-45(20-5-1)54-32-16-21-47-22-17-33-55(64(47)54)46-37-39-50(40-38-46)66(51-27-18-28-52(43-51)67-62-35-14-11-30-58(62)59-31-12-15-36-63(59)67)53-41-42-57-56-29-10-13-34-60(56)65(61(57)44-53,48-23-6-2-7-24-48)49-25-8-3-9-26-49/h1-44H. The number of fused-ring (bicyclic) bond motifs is 7. The van der Waals surface area contributed by atoms with Crippen LogP contribution in [0.25, 0.3) is 71.6 Å². The molecule has 0 atom stereocenters. The highest BCUT2D eigenvalue weighted by molar-refractivity contribution is 6.09. The molecule has 1 aliphatic carbocycles. The van der Waals surface area contributed by atoms with E-state index in [1.165, 1.54) is 88.2 Å². The molecule has 1 aliphatic rings. The van der Waals surface area contributed by atoms with Crippen molar-refractivity contribution in [2.75, 3.05) is 4.90 Å². The molecule has 314 valence electrons. The summed E-state index contributed by atoms with van der Waals surface area (Å²) in [4.78, 5) is 2.45. The minimum absolute atomic E-state index is 0.532. The summed E-state index contributed by atoms with van der Waals surface area (Å²) in [6.07, 6.45) is 0. The fraction of sp³-hybridized carbons (Fsp3) is 0.0154. The van der Waals surface area contributed by atoms with Crippen LogP contribution < -0.4 is 4.90 Å². The topological polar surface area (TPSA) is 8.17 Å².